The molecule has 2 unspecified atom stereocenters. The van der Waals surface area contributed by atoms with Gasteiger partial charge in [0.2, 0.25) is 0 Å². The minimum absolute atomic E-state index is 0.154. The van der Waals surface area contributed by atoms with Crippen LogP contribution in [0.4, 0.5) is 0 Å². The first-order chi connectivity index (χ1) is 4.79. The van der Waals surface area contributed by atoms with Crippen LogP contribution in [-0.2, 0) is 9.47 Å². The van der Waals surface area contributed by atoms with Crippen molar-refractivity contribution in [1.29, 1.82) is 0 Å². The van der Waals surface area contributed by atoms with E-state index in [-0.39, 0.29) is 24.4 Å². The molecule has 3 aliphatic rings. The third-order valence-corrected chi connectivity index (χ3v) is 2.47. The lowest BCUT2D eigenvalue weighted by Crippen LogP contribution is -2.38. The highest BCUT2D eigenvalue weighted by Crippen LogP contribution is 2.46. The highest BCUT2D eigenvalue weighted by Gasteiger charge is 2.68. The molecule has 1 aliphatic carbocycles. The summed E-state index contributed by atoms with van der Waals surface area (Å²) in [4.78, 5) is 0. The number of rotatable bonds is 0. The zero-order valence-electron chi connectivity index (χ0n) is 5.18. The summed E-state index contributed by atoms with van der Waals surface area (Å²) >= 11 is 0. The molecule has 2 saturated heterocycles. The van der Waals surface area contributed by atoms with E-state index in [1.807, 2.05) is 0 Å². The molecule has 3 fully saturated rings. The molecule has 4 heteroatoms. The van der Waals surface area contributed by atoms with E-state index in [9.17, 15) is 10.2 Å². The molecule has 0 aromatic carbocycles. The number of aliphatic hydroxyl groups is 2. The van der Waals surface area contributed by atoms with Gasteiger partial charge in [-0.2, -0.15) is 0 Å². The van der Waals surface area contributed by atoms with Crippen LogP contribution in [0.5, 0.6) is 0 Å². The van der Waals surface area contributed by atoms with Gasteiger partial charge in [0.15, 0.2) is 0 Å². The molecule has 0 radical (unpaired) electrons. The van der Waals surface area contributed by atoms with E-state index in [4.69, 9.17) is 9.47 Å². The Balaban J connectivity index is 1.88. The Labute approximate surface area is 57.4 Å². The number of hydrogen-bond donors (Lipinski definition) is 2. The Morgan fingerprint density at radius 1 is 0.700 bits per heavy atom. The van der Waals surface area contributed by atoms with Crippen LogP contribution in [-0.4, -0.2) is 46.8 Å². The summed E-state index contributed by atoms with van der Waals surface area (Å²) in [5.74, 6) is 0. The van der Waals surface area contributed by atoms with E-state index in [0.717, 1.165) is 0 Å². The zero-order chi connectivity index (χ0) is 6.88. The van der Waals surface area contributed by atoms with Gasteiger partial charge in [-0.1, -0.05) is 0 Å². The van der Waals surface area contributed by atoms with Gasteiger partial charge in [-0.15, -0.1) is 0 Å². The number of fused-ring (bicyclic) bond motifs is 2. The Kier molecular flexibility index (Phi) is 0.757. The Bertz CT molecular complexity index is 147. The fourth-order valence-electron chi connectivity index (χ4n) is 1.75. The van der Waals surface area contributed by atoms with E-state index in [0.29, 0.717) is 0 Å². The van der Waals surface area contributed by atoms with Crippen molar-refractivity contribution >= 4 is 0 Å². The van der Waals surface area contributed by atoms with E-state index >= 15 is 0 Å². The van der Waals surface area contributed by atoms with Gasteiger partial charge in [0.25, 0.3) is 0 Å². The monoisotopic (exact) mass is 144 g/mol. The highest BCUT2D eigenvalue weighted by atomic mass is 16.7. The molecule has 0 spiro atoms. The fraction of sp³-hybridized carbons (Fsp3) is 1.00. The quantitative estimate of drug-likeness (QED) is 0.396. The van der Waals surface area contributed by atoms with Gasteiger partial charge in [0.05, 0.1) is 0 Å². The summed E-state index contributed by atoms with van der Waals surface area (Å²) in [6.07, 6.45) is -1.62. The number of epoxide rings is 2. The minimum Gasteiger partial charge on any atom is -0.387 e. The number of aliphatic hydroxyl groups excluding tert-OH is 2. The molecule has 0 aromatic rings. The van der Waals surface area contributed by atoms with Crippen LogP contribution < -0.4 is 0 Å². The summed E-state index contributed by atoms with van der Waals surface area (Å²) < 4.78 is 10.0. The van der Waals surface area contributed by atoms with Gasteiger partial charge in [-0.05, 0) is 0 Å². The molecule has 2 N–H and O–H groups in total. The average Bonchev–Trinajstić information content (AvgIpc) is 2.77. The maximum atomic E-state index is 9.29. The van der Waals surface area contributed by atoms with Crippen molar-refractivity contribution in [1.82, 2.24) is 0 Å². The smallest absolute Gasteiger partial charge is 0.115 e. The van der Waals surface area contributed by atoms with E-state index in [1.165, 1.54) is 0 Å². The normalized spacial score (nSPS) is 70.2. The standard InChI is InChI=1S/C6H8O4/c7-1-3-5(9-3)2(8)6-4(1)10-6/h1-8H/t1?,2?,3-,4-,5-,6+/m0/s1. The first kappa shape index (κ1) is 5.49. The van der Waals surface area contributed by atoms with Gasteiger partial charge in [-0.25, -0.2) is 0 Å². The van der Waals surface area contributed by atoms with Crippen molar-refractivity contribution in [3.63, 3.8) is 0 Å². The van der Waals surface area contributed by atoms with Crippen molar-refractivity contribution in [3.8, 4) is 0 Å². The van der Waals surface area contributed by atoms with Gasteiger partial charge in [-0.3, -0.25) is 0 Å². The lowest BCUT2D eigenvalue weighted by Gasteiger charge is -2.11. The minimum atomic E-state index is -0.501. The fourth-order valence-corrected chi connectivity index (χ4v) is 1.75. The molecular weight excluding hydrogens is 136 g/mol. The molecule has 2 heterocycles. The Morgan fingerprint density at radius 2 is 1.00 bits per heavy atom. The molecule has 0 aromatic heterocycles. The summed E-state index contributed by atoms with van der Waals surface area (Å²) in [5, 5.41) is 18.6. The van der Waals surface area contributed by atoms with Crippen LogP contribution in [0.1, 0.15) is 0 Å². The molecule has 0 bridgehead atoms. The van der Waals surface area contributed by atoms with Crippen LogP contribution in [0.2, 0.25) is 0 Å². The molecule has 6 atom stereocenters. The zero-order valence-corrected chi connectivity index (χ0v) is 5.18. The van der Waals surface area contributed by atoms with Crippen molar-refractivity contribution in [3.05, 3.63) is 0 Å². The summed E-state index contributed by atoms with van der Waals surface area (Å²) in [5.41, 5.74) is 0. The van der Waals surface area contributed by atoms with E-state index in [1.54, 1.807) is 0 Å². The van der Waals surface area contributed by atoms with Crippen LogP contribution in [0, 0.1) is 0 Å². The van der Waals surface area contributed by atoms with E-state index in [2.05, 4.69) is 0 Å². The Morgan fingerprint density at radius 3 is 1.30 bits per heavy atom. The van der Waals surface area contributed by atoms with Crippen molar-refractivity contribution < 1.29 is 19.7 Å². The second-order valence-electron chi connectivity index (χ2n) is 3.11. The molecule has 1 saturated carbocycles. The maximum Gasteiger partial charge on any atom is 0.115 e. The molecule has 10 heavy (non-hydrogen) atoms. The number of hydrogen-bond acceptors (Lipinski definition) is 4. The SMILES string of the molecule is OC1[C@H]2O[C@H]2C(O)[C@@H]2O[C@@H]12. The predicted octanol–water partition coefficient (Wildman–Crippen LogP) is -1.74. The molecule has 2 aliphatic heterocycles. The summed E-state index contributed by atoms with van der Waals surface area (Å²) in [7, 11) is 0. The first-order valence-electron chi connectivity index (χ1n) is 3.46. The van der Waals surface area contributed by atoms with E-state index < -0.39 is 12.2 Å². The third kappa shape index (κ3) is 0.473. The second-order valence-corrected chi connectivity index (χ2v) is 3.11. The summed E-state index contributed by atoms with van der Waals surface area (Å²) in [6, 6.07) is 0. The van der Waals surface area contributed by atoms with Crippen LogP contribution in [0.15, 0.2) is 0 Å². The number of ether oxygens (including phenoxy) is 2. The average molecular weight is 144 g/mol. The van der Waals surface area contributed by atoms with Gasteiger partial charge < -0.3 is 19.7 Å². The predicted molar refractivity (Wildman–Crippen MR) is 29.3 cm³/mol. The van der Waals surface area contributed by atoms with Gasteiger partial charge in [0.1, 0.15) is 36.6 Å². The largest absolute Gasteiger partial charge is 0.387 e. The van der Waals surface area contributed by atoms with Crippen molar-refractivity contribution in [2.24, 2.45) is 0 Å². The second kappa shape index (κ2) is 1.38. The molecule has 3 rings (SSSR count). The Hall–Kier alpha value is -0.160. The van der Waals surface area contributed by atoms with Crippen LogP contribution in [0.3, 0.4) is 0 Å². The highest BCUT2D eigenvalue weighted by molar-refractivity contribution is 5.15. The molecular formula is C6H8O4. The van der Waals surface area contributed by atoms with Crippen LogP contribution in [0.25, 0.3) is 0 Å². The van der Waals surface area contributed by atoms with Crippen molar-refractivity contribution in [2.75, 3.05) is 0 Å². The lowest BCUT2D eigenvalue weighted by atomic mass is 9.95. The molecule has 56 valence electrons. The third-order valence-electron chi connectivity index (χ3n) is 2.47. The molecule has 4 nitrogen and oxygen atoms in total. The lowest BCUT2D eigenvalue weighted by molar-refractivity contribution is 0.100. The molecule has 0 amide bonds. The van der Waals surface area contributed by atoms with Gasteiger partial charge >= 0.3 is 0 Å². The van der Waals surface area contributed by atoms with Crippen LogP contribution >= 0.6 is 0 Å². The topological polar surface area (TPSA) is 65.5 Å². The van der Waals surface area contributed by atoms with Gasteiger partial charge in [0, 0.05) is 0 Å². The maximum absolute atomic E-state index is 9.29. The first-order valence-corrected chi connectivity index (χ1v) is 3.46. The van der Waals surface area contributed by atoms with Crippen molar-refractivity contribution in [2.45, 2.75) is 36.6 Å². The summed E-state index contributed by atoms with van der Waals surface area (Å²) in [6.45, 7) is 0.